The number of nitrogens with zero attached hydrogens (tertiary/aromatic N) is 3. The normalized spacial score (nSPS) is 14.4. The number of amides is 1. The predicted molar refractivity (Wildman–Crippen MR) is 110 cm³/mol. The summed E-state index contributed by atoms with van der Waals surface area (Å²) in [4.78, 5) is 16.5. The average Bonchev–Trinajstić information content (AvgIpc) is 2.66. The number of piperazine rings is 1. The molecule has 1 amide bonds. The van der Waals surface area contributed by atoms with E-state index in [2.05, 4.69) is 47.2 Å². The van der Waals surface area contributed by atoms with Gasteiger partial charge in [0.1, 0.15) is 11.6 Å². The molecule has 7 heteroatoms. The summed E-state index contributed by atoms with van der Waals surface area (Å²) in [6.45, 7) is 8.69. The highest BCUT2D eigenvalue weighted by molar-refractivity contribution is 5.97. The smallest absolute Gasteiger partial charge is 0.263 e. The van der Waals surface area contributed by atoms with Crippen molar-refractivity contribution in [1.29, 1.82) is 5.26 Å². The summed E-state index contributed by atoms with van der Waals surface area (Å²) in [7, 11) is 1.63. The number of methoxy groups -OCH3 is 1. The lowest BCUT2D eigenvalue weighted by Gasteiger charge is -2.36. The molecule has 1 fully saturated rings. The van der Waals surface area contributed by atoms with Crippen molar-refractivity contribution in [2.75, 3.05) is 51.3 Å². The van der Waals surface area contributed by atoms with Crippen molar-refractivity contribution in [3.8, 4) is 6.07 Å². The third-order valence-electron chi connectivity index (χ3n) is 4.72. The molecular formula is C20H29ClN4O2. The summed E-state index contributed by atoms with van der Waals surface area (Å²) in [5.41, 5.74) is 4.03. The summed E-state index contributed by atoms with van der Waals surface area (Å²) >= 11 is 0. The van der Waals surface area contributed by atoms with Crippen LogP contribution in [0.15, 0.2) is 30.0 Å². The lowest BCUT2D eigenvalue weighted by Crippen LogP contribution is -2.44. The first-order valence-electron chi connectivity index (χ1n) is 9.01. The van der Waals surface area contributed by atoms with Crippen molar-refractivity contribution in [3.05, 3.63) is 41.1 Å². The Hall–Kier alpha value is -2.23. The van der Waals surface area contributed by atoms with Crippen LogP contribution in [0.2, 0.25) is 0 Å². The number of nitriles is 1. The topological polar surface area (TPSA) is 68.6 Å². The molecule has 1 saturated heterocycles. The van der Waals surface area contributed by atoms with Gasteiger partial charge in [-0.1, -0.05) is 12.1 Å². The van der Waals surface area contributed by atoms with Gasteiger partial charge < -0.3 is 19.9 Å². The van der Waals surface area contributed by atoms with Gasteiger partial charge in [-0.05, 0) is 37.5 Å². The average molecular weight is 393 g/mol. The van der Waals surface area contributed by atoms with Gasteiger partial charge >= 0.3 is 0 Å². The fourth-order valence-corrected chi connectivity index (χ4v) is 3.00. The van der Waals surface area contributed by atoms with Gasteiger partial charge in [-0.15, -0.1) is 12.4 Å². The van der Waals surface area contributed by atoms with Crippen LogP contribution in [0.25, 0.3) is 0 Å². The van der Waals surface area contributed by atoms with Crippen molar-refractivity contribution in [2.24, 2.45) is 0 Å². The maximum Gasteiger partial charge on any atom is 0.263 e. The van der Waals surface area contributed by atoms with E-state index in [0.717, 1.165) is 32.6 Å². The molecule has 2 rings (SSSR count). The molecule has 6 nitrogen and oxygen atoms in total. The molecule has 1 heterocycles. The second-order valence-electron chi connectivity index (χ2n) is 6.50. The zero-order valence-corrected chi connectivity index (χ0v) is 17.1. The lowest BCUT2D eigenvalue weighted by molar-refractivity contribution is -0.117. The molecule has 1 aromatic carbocycles. The Morgan fingerprint density at radius 1 is 1.30 bits per heavy atom. The van der Waals surface area contributed by atoms with Crippen molar-refractivity contribution >= 4 is 24.0 Å². The van der Waals surface area contributed by atoms with Crippen LogP contribution in [0, 0.1) is 25.2 Å². The molecule has 148 valence electrons. The van der Waals surface area contributed by atoms with E-state index < -0.39 is 0 Å². The Morgan fingerprint density at radius 2 is 2.00 bits per heavy atom. The highest BCUT2D eigenvalue weighted by Gasteiger charge is 2.18. The van der Waals surface area contributed by atoms with Gasteiger partial charge in [-0.25, -0.2) is 0 Å². The summed E-state index contributed by atoms with van der Waals surface area (Å²) in [5.74, 6) is -0.319. The summed E-state index contributed by atoms with van der Waals surface area (Å²) in [6, 6.07) is 8.38. The van der Waals surface area contributed by atoms with Crippen LogP contribution in [-0.4, -0.2) is 57.2 Å². The van der Waals surface area contributed by atoms with Crippen molar-refractivity contribution in [3.63, 3.8) is 0 Å². The zero-order valence-electron chi connectivity index (χ0n) is 16.3. The Kier molecular flexibility index (Phi) is 9.70. The number of aryl methyl sites for hydroxylation is 1. The number of carbonyl (C=O) groups is 1. The molecule has 1 aliphatic heterocycles. The number of rotatable bonds is 7. The quantitative estimate of drug-likeness (QED) is 0.438. The van der Waals surface area contributed by atoms with E-state index in [-0.39, 0.29) is 23.9 Å². The van der Waals surface area contributed by atoms with Crippen molar-refractivity contribution in [1.82, 2.24) is 10.2 Å². The first-order chi connectivity index (χ1) is 12.6. The summed E-state index contributed by atoms with van der Waals surface area (Å²) in [6.07, 6.45) is 2.42. The van der Waals surface area contributed by atoms with Gasteiger partial charge in [0.2, 0.25) is 0 Å². The minimum atomic E-state index is -0.319. The van der Waals surface area contributed by atoms with E-state index in [1.807, 2.05) is 6.07 Å². The van der Waals surface area contributed by atoms with Crippen LogP contribution in [0.1, 0.15) is 17.5 Å². The number of hydrogen-bond acceptors (Lipinski definition) is 5. The predicted octanol–water partition coefficient (Wildman–Crippen LogP) is 2.41. The number of ether oxygens (including phenoxy) is 1. The van der Waals surface area contributed by atoms with E-state index in [0.29, 0.717) is 13.2 Å². The highest BCUT2D eigenvalue weighted by atomic mass is 35.5. The minimum Gasteiger partial charge on any atom is -0.385 e. The third-order valence-corrected chi connectivity index (χ3v) is 4.72. The van der Waals surface area contributed by atoms with E-state index >= 15 is 0 Å². The van der Waals surface area contributed by atoms with E-state index in [4.69, 9.17) is 4.74 Å². The number of benzene rings is 1. The van der Waals surface area contributed by atoms with E-state index in [9.17, 15) is 10.1 Å². The number of anilines is 1. The molecule has 0 atom stereocenters. The monoisotopic (exact) mass is 392 g/mol. The molecule has 0 aliphatic carbocycles. The van der Waals surface area contributed by atoms with Crippen LogP contribution in [0.5, 0.6) is 0 Å². The Morgan fingerprint density at radius 3 is 2.63 bits per heavy atom. The maximum atomic E-state index is 12.1. The van der Waals surface area contributed by atoms with Gasteiger partial charge in [0.15, 0.2) is 0 Å². The lowest BCUT2D eigenvalue weighted by atomic mass is 10.1. The second-order valence-corrected chi connectivity index (χ2v) is 6.50. The Bertz CT molecular complexity index is 692. The summed E-state index contributed by atoms with van der Waals surface area (Å²) in [5, 5.41) is 12.0. The Balaban J connectivity index is 0.00000364. The fraction of sp³-hybridized carbons (Fsp3) is 0.500. The number of nitrogens with one attached hydrogen (secondary N) is 1. The summed E-state index contributed by atoms with van der Waals surface area (Å²) < 4.78 is 4.95. The van der Waals surface area contributed by atoms with Gasteiger partial charge in [-0.3, -0.25) is 4.79 Å². The molecule has 0 spiro atoms. The maximum absolute atomic E-state index is 12.1. The highest BCUT2D eigenvalue weighted by Crippen LogP contribution is 2.24. The third kappa shape index (κ3) is 6.46. The molecule has 1 aliphatic rings. The SMILES string of the molecule is COCCCNC(=O)/C(C#N)=C\N1CCN(c2cccc(C)c2C)CC1.Cl. The van der Waals surface area contributed by atoms with Crippen LogP contribution in [-0.2, 0) is 9.53 Å². The first-order valence-corrected chi connectivity index (χ1v) is 9.01. The van der Waals surface area contributed by atoms with E-state index in [1.54, 1.807) is 13.3 Å². The fourth-order valence-electron chi connectivity index (χ4n) is 3.00. The largest absolute Gasteiger partial charge is 0.385 e. The minimum absolute atomic E-state index is 0. The number of halogens is 1. The molecule has 0 unspecified atom stereocenters. The van der Waals surface area contributed by atoms with Crippen LogP contribution >= 0.6 is 12.4 Å². The van der Waals surface area contributed by atoms with Crippen LogP contribution in [0.3, 0.4) is 0 Å². The van der Waals surface area contributed by atoms with Gasteiger partial charge in [0.05, 0.1) is 0 Å². The number of hydrogen-bond donors (Lipinski definition) is 1. The van der Waals surface area contributed by atoms with Gasteiger partial charge in [-0.2, -0.15) is 5.26 Å². The van der Waals surface area contributed by atoms with Gasteiger partial charge in [0.25, 0.3) is 5.91 Å². The molecule has 1 N–H and O–H groups in total. The van der Waals surface area contributed by atoms with E-state index in [1.165, 1.54) is 16.8 Å². The standard InChI is InChI=1S/C20H28N4O2.ClH/c1-16-6-4-7-19(17(16)2)24-11-9-23(10-12-24)15-18(14-21)20(25)22-8-5-13-26-3;/h4,6-7,15H,5,8-13H2,1-3H3,(H,22,25);1H/b18-15-;. The van der Waals surface area contributed by atoms with Gasteiger partial charge in [0, 0.05) is 58.3 Å². The molecule has 0 radical (unpaired) electrons. The van der Waals surface area contributed by atoms with Crippen LogP contribution < -0.4 is 10.2 Å². The molecule has 27 heavy (non-hydrogen) atoms. The molecule has 0 bridgehead atoms. The first kappa shape index (κ1) is 22.8. The van der Waals surface area contributed by atoms with Crippen molar-refractivity contribution in [2.45, 2.75) is 20.3 Å². The second kappa shape index (κ2) is 11.5. The molecule has 0 aromatic heterocycles. The molecular weight excluding hydrogens is 364 g/mol. The zero-order chi connectivity index (χ0) is 18.9. The van der Waals surface area contributed by atoms with Crippen LogP contribution in [0.4, 0.5) is 5.69 Å². The van der Waals surface area contributed by atoms with Crippen molar-refractivity contribution < 1.29 is 9.53 Å². The molecule has 1 aromatic rings. The Labute approximate surface area is 168 Å². The number of carbonyl (C=O) groups excluding carboxylic acids is 1. The molecule has 0 saturated carbocycles.